The van der Waals surface area contributed by atoms with Crippen LogP contribution in [0.25, 0.3) is 0 Å². The van der Waals surface area contributed by atoms with Crippen molar-refractivity contribution >= 4 is 0 Å². The third-order valence-electron chi connectivity index (χ3n) is 4.43. The van der Waals surface area contributed by atoms with E-state index in [0.29, 0.717) is 0 Å². The summed E-state index contributed by atoms with van der Waals surface area (Å²) in [5, 5.41) is 0. The lowest BCUT2D eigenvalue weighted by atomic mass is 9.94. The Hall–Kier alpha value is -0.260. The molecule has 0 nitrogen and oxygen atoms in total. The molecule has 0 radical (unpaired) electrons. The topological polar surface area (TPSA) is 0 Å². The summed E-state index contributed by atoms with van der Waals surface area (Å²) in [6, 6.07) is 0. The maximum Gasteiger partial charge on any atom is -0.0348 e. The molecular weight excluding hydrogens is 240 g/mol. The second kappa shape index (κ2) is 16.8. The number of hydrogen-bond donors (Lipinski definition) is 0. The summed E-state index contributed by atoms with van der Waals surface area (Å²) in [5.74, 6) is 0.972. The molecule has 0 bridgehead atoms. The van der Waals surface area contributed by atoms with Crippen LogP contribution in [-0.2, 0) is 0 Å². The fourth-order valence-electron chi connectivity index (χ4n) is 2.85. The Kier molecular flexibility index (Phi) is 16.6. The Balaban J connectivity index is 3.35. The van der Waals surface area contributed by atoms with Gasteiger partial charge >= 0.3 is 0 Å². The van der Waals surface area contributed by atoms with Crippen molar-refractivity contribution in [2.75, 3.05) is 0 Å². The highest BCUT2D eigenvalue weighted by molar-refractivity contribution is 4.82. The normalized spacial score (nSPS) is 13.2. The molecule has 0 saturated heterocycles. The average molecular weight is 281 g/mol. The molecule has 0 aromatic rings. The predicted molar refractivity (Wildman–Crippen MR) is 94.3 cm³/mol. The number of hydrogen-bond acceptors (Lipinski definition) is 0. The van der Waals surface area contributed by atoms with Crippen molar-refractivity contribution in [3.8, 4) is 0 Å². The molecule has 1 unspecified atom stereocenters. The van der Waals surface area contributed by atoms with Gasteiger partial charge in [-0.15, -0.1) is 0 Å². The number of allylic oxidation sites excluding steroid dienone is 2. The molecule has 0 heterocycles. The fraction of sp³-hybridized carbons (Fsp3) is 0.900. The molecule has 0 spiro atoms. The van der Waals surface area contributed by atoms with Gasteiger partial charge in [-0.2, -0.15) is 0 Å². The van der Waals surface area contributed by atoms with Crippen LogP contribution in [0.4, 0.5) is 0 Å². The van der Waals surface area contributed by atoms with E-state index in [2.05, 4.69) is 32.9 Å². The zero-order valence-corrected chi connectivity index (χ0v) is 14.6. The number of rotatable bonds is 15. The predicted octanol–water partition coefficient (Wildman–Crippen LogP) is 7.68. The first kappa shape index (κ1) is 19.7. The maximum atomic E-state index is 2.44. The van der Waals surface area contributed by atoms with Crippen LogP contribution in [0.1, 0.15) is 111 Å². The van der Waals surface area contributed by atoms with Gasteiger partial charge in [0.1, 0.15) is 0 Å². The van der Waals surface area contributed by atoms with Crippen LogP contribution >= 0.6 is 0 Å². The molecule has 0 aromatic heterocycles. The summed E-state index contributed by atoms with van der Waals surface area (Å²) in [6.45, 7) is 6.94. The van der Waals surface area contributed by atoms with Gasteiger partial charge < -0.3 is 0 Å². The maximum absolute atomic E-state index is 2.44. The molecule has 120 valence electrons. The summed E-state index contributed by atoms with van der Waals surface area (Å²) in [7, 11) is 0. The van der Waals surface area contributed by atoms with E-state index in [4.69, 9.17) is 0 Å². The molecule has 0 aliphatic heterocycles. The molecule has 0 aliphatic rings. The highest BCUT2D eigenvalue weighted by Crippen LogP contribution is 2.19. The van der Waals surface area contributed by atoms with Gasteiger partial charge in [-0.1, -0.05) is 97.1 Å². The minimum absolute atomic E-state index is 0.972. The lowest BCUT2D eigenvalue weighted by molar-refractivity contribution is 0.419. The number of unbranched alkanes of at least 4 members (excludes halogenated alkanes) is 8. The molecule has 0 aromatic carbocycles. The second-order valence-electron chi connectivity index (χ2n) is 6.38. The van der Waals surface area contributed by atoms with E-state index in [9.17, 15) is 0 Å². The summed E-state index contributed by atoms with van der Waals surface area (Å²) < 4.78 is 0. The van der Waals surface area contributed by atoms with Crippen LogP contribution in [0.5, 0.6) is 0 Å². The minimum atomic E-state index is 0.972. The van der Waals surface area contributed by atoms with Gasteiger partial charge in [0.05, 0.1) is 0 Å². The smallest absolute Gasteiger partial charge is 0.0348 e. The van der Waals surface area contributed by atoms with E-state index in [1.165, 1.54) is 89.9 Å². The molecule has 0 heteroatoms. The standard InChI is InChI=1S/C20H40/c1-4-7-9-10-11-12-13-14-15-17-19-20(6-3)18-16-8-5-2/h14-15,20H,4-13,16-19H2,1-3H3/b15-14-. The van der Waals surface area contributed by atoms with Crippen molar-refractivity contribution in [3.63, 3.8) is 0 Å². The summed E-state index contributed by atoms with van der Waals surface area (Å²) in [6.07, 6.45) is 24.4. The summed E-state index contributed by atoms with van der Waals surface area (Å²) in [4.78, 5) is 0. The first-order valence-electron chi connectivity index (χ1n) is 9.50. The molecule has 0 N–H and O–H groups in total. The SMILES string of the molecule is CCCCCCCC/C=C\CCC(CC)CCCCC. The molecule has 0 saturated carbocycles. The van der Waals surface area contributed by atoms with E-state index in [0.717, 1.165) is 5.92 Å². The van der Waals surface area contributed by atoms with Gasteiger partial charge in [0.2, 0.25) is 0 Å². The van der Waals surface area contributed by atoms with Crippen LogP contribution < -0.4 is 0 Å². The van der Waals surface area contributed by atoms with E-state index in [-0.39, 0.29) is 0 Å². The van der Waals surface area contributed by atoms with E-state index in [1.807, 2.05) is 0 Å². The molecule has 0 rings (SSSR count). The van der Waals surface area contributed by atoms with Crippen LogP contribution in [0.3, 0.4) is 0 Å². The first-order chi connectivity index (χ1) is 9.85. The van der Waals surface area contributed by atoms with Crippen molar-refractivity contribution in [2.24, 2.45) is 5.92 Å². The fourth-order valence-corrected chi connectivity index (χ4v) is 2.85. The van der Waals surface area contributed by atoms with Crippen molar-refractivity contribution in [3.05, 3.63) is 12.2 Å². The lowest BCUT2D eigenvalue weighted by Gasteiger charge is -2.12. The molecule has 0 amide bonds. The highest BCUT2D eigenvalue weighted by Gasteiger charge is 2.04. The molecule has 0 fully saturated rings. The van der Waals surface area contributed by atoms with Crippen LogP contribution in [0, 0.1) is 5.92 Å². The van der Waals surface area contributed by atoms with Crippen molar-refractivity contribution in [1.29, 1.82) is 0 Å². The average Bonchev–Trinajstić information content (AvgIpc) is 2.47. The van der Waals surface area contributed by atoms with Crippen molar-refractivity contribution < 1.29 is 0 Å². The first-order valence-corrected chi connectivity index (χ1v) is 9.50. The van der Waals surface area contributed by atoms with Gasteiger partial charge in [0.25, 0.3) is 0 Å². The lowest BCUT2D eigenvalue weighted by Crippen LogP contribution is -1.98. The Morgan fingerprint density at radius 2 is 1.20 bits per heavy atom. The van der Waals surface area contributed by atoms with Crippen LogP contribution in [0.2, 0.25) is 0 Å². The second-order valence-corrected chi connectivity index (χ2v) is 6.38. The molecular formula is C20H40. The molecule has 0 aliphatic carbocycles. The highest BCUT2D eigenvalue weighted by atomic mass is 14.1. The third kappa shape index (κ3) is 14.2. The molecule has 20 heavy (non-hydrogen) atoms. The Morgan fingerprint density at radius 3 is 1.90 bits per heavy atom. The summed E-state index contributed by atoms with van der Waals surface area (Å²) in [5.41, 5.74) is 0. The minimum Gasteiger partial charge on any atom is -0.0885 e. The summed E-state index contributed by atoms with van der Waals surface area (Å²) >= 11 is 0. The third-order valence-corrected chi connectivity index (χ3v) is 4.43. The van der Waals surface area contributed by atoms with E-state index in [1.54, 1.807) is 0 Å². The Labute approximate surface area is 129 Å². The van der Waals surface area contributed by atoms with Gasteiger partial charge in [0, 0.05) is 0 Å². The quantitative estimate of drug-likeness (QED) is 0.213. The van der Waals surface area contributed by atoms with Crippen molar-refractivity contribution in [2.45, 2.75) is 111 Å². The van der Waals surface area contributed by atoms with Crippen molar-refractivity contribution in [1.82, 2.24) is 0 Å². The van der Waals surface area contributed by atoms with E-state index >= 15 is 0 Å². The molecule has 1 atom stereocenters. The van der Waals surface area contributed by atoms with Gasteiger partial charge in [0.15, 0.2) is 0 Å². The van der Waals surface area contributed by atoms with Crippen LogP contribution in [-0.4, -0.2) is 0 Å². The Morgan fingerprint density at radius 1 is 0.600 bits per heavy atom. The monoisotopic (exact) mass is 280 g/mol. The largest absolute Gasteiger partial charge is 0.0885 e. The van der Waals surface area contributed by atoms with E-state index < -0.39 is 0 Å². The Bertz CT molecular complexity index is 192. The van der Waals surface area contributed by atoms with Crippen LogP contribution in [0.15, 0.2) is 12.2 Å². The zero-order chi connectivity index (χ0) is 14.9. The van der Waals surface area contributed by atoms with Gasteiger partial charge in [-0.25, -0.2) is 0 Å². The van der Waals surface area contributed by atoms with Gasteiger partial charge in [-0.3, -0.25) is 0 Å². The van der Waals surface area contributed by atoms with Gasteiger partial charge in [-0.05, 0) is 31.6 Å². The zero-order valence-electron chi connectivity index (χ0n) is 14.6.